The molecule has 1 fully saturated rings. The summed E-state index contributed by atoms with van der Waals surface area (Å²) in [6, 6.07) is 8.35. The molecule has 0 saturated carbocycles. The first-order valence-corrected chi connectivity index (χ1v) is 10.4. The molecular formula is C23H39NO2. The Hall–Kier alpha value is -1.06. The van der Waals surface area contributed by atoms with Crippen LogP contribution in [0.4, 0.5) is 0 Å². The average molecular weight is 362 g/mol. The zero-order valence-electron chi connectivity index (χ0n) is 17.5. The summed E-state index contributed by atoms with van der Waals surface area (Å²) in [6.45, 7) is 12.2. The van der Waals surface area contributed by atoms with Gasteiger partial charge in [-0.1, -0.05) is 46.2 Å². The standard InChI is InChI=1S/C23H39NO2/c1-18(2)10-11-23(13-15-26-22(16-23)19(3)4)12-14-24-17-20-6-8-21(25-5)9-7-20/h6-9,18-19,22,24H,10-17H2,1-5H3. The second-order valence-electron chi connectivity index (χ2n) is 8.81. The van der Waals surface area contributed by atoms with Crippen LogP contribution in [0.15, 0.2) is 24.3 Å². The summed E-state index contributed by atoms with van der Waals surface area (Å²) < 4.78 is 11.3. The van der Waals surface area contributed by atoms with Gasteiger partial charge in [-0.2, -0.15) is 0 Å². The maximum Gasteiger partial charge on any atom is 0.118 e. The molecule has 0 bridgehead atoms. The van der Waals surface area contributed by atoms with E-state index in [1.165, 1.54) is 37.7 Å². The van der Waals surface area contributed by atoms with E-state index in [2.05, 4.69) is 45.1 Å². The van der Waals surface area contributed by atoms with Crippen molar-refractivity contribution in [3.63, 3.8) is 0 Å². The predicted molar refractivity (Wildman–Crippen MR) is 110 cm³/mol. The molecule has 0 spiro atoms. The van der Waals surface area contributed by atoms with Crippen molar-refractivity contribution in [1.82, 2.24) is 5.32 Å². The highest BCUT2D eigenvalue weighted by atomic mass is 16.5. The lowest BCUT2D eigenvalue weighted by Crippen LogP contribution is -2.39. The fraction of sp³-hybridized carbons (Fsp3) is 0.739. The first-order valence-electron chi connectivity index (χ1n) is 10.4. The smallest absolute Gasteiger partial charge is 0.118 e. The Bertz CT molecular complexity index is 511. The fourth-order valence-corrected chi connectivity index (χ4v) is 3.95. The van der Waals surface area contributed by atoms with Crippen molar-refractivity contribution in [3.05, 3.63) is 29.8 Å². The van der Waals surface area contributed by atoms with Crippen molar-refractivity contribution in [2.75, 3.05) is 20.3 Å². The van der Waals surface area contributed by atoms with Gasteiger partial charge in [-0.3, -0.25) is 0 Å². The van der Waals surface area contributed by atoms with Crippen LogP contribution < -0.4 is 10.1 Å². The van der Waals surface area contributed by atoms with E-state index >= 15 is 0 Å². The fourth-order valence-electron chi connectivity index (χ4n) is 3.95. The van der Waals surface area contributed by atoms with E-state index in [1.54, 1.807) is 7.11 Å². The molecule has 148 valence electrons. The quantitative estimate of drug-likeness (QED) is 0.563. The summed E-state index contributed by atoms with van der Waals surface area (Å²) in [4.78, 5) is 0. The largest absolute Gasteiger partial charge is 0.497 e. The number of ether oxygens (including phenoxy) is 2. The molecule has 3 heteroatoms. The number of hydrogen-bond donors (Lipinski definition) is 1. The molecule has 1 aliphatic rings. The second-order valence-corrected chi connectivity index (χ2v) is 8.81. The van der Waals surface area contributed by atoms with Crippen molar-refractivity contribution in [2.45, 2.75) is 72.4 Å². The summed E-state index contributed by atoms with van der Waals surface area (Å²) in [5.74, 6) is 2.31. The molecule has 2 atom stereocenters. The monoisotopic (exact) mass is 361 g/mol. The summed E-state index contributed by atoms with van der Waals surface area (Å²) in [5, 5.41) is 3.66. The van der Waals surface area contributed by atoms with Gasteiger partial charge >= 0.3 is 0 Å². The third kappa shape index (κ3) is 6.59. The maximum absolute atomic E-state index is 6.07. The third-order valence-electron chi connectivity index (χ3n) is 5.91. The van der Waals surface area contributed by atoms with Crippen molar-refractivity contribution in [1.29, 1.82) is 0 Å². The lowest BCUT2D eigenvalue weighted by Gasteiger charge is -2.43. The van der Waals surface area contributed by atoms with Gasteiger partial charge in [0.05, 0.1) is 13.2 Å². The number of nitrogens with one attached hydrogen (secondary N) is 1. The lowest BCUT2D eigenvalue weighted by atomic mass is 9.69. The minimum atomic E-state index is 0.428. The van der Waals surface area contributed by atoms with Gasteiger partial charge in [-0.15, -0.1) is 0 Å². The van der Waals surface area contributed by atoms with Crippen LogP contribution in [-0.4, -0.2) is 26.4 Å². The molecule has 1 aliphatic heterocycles. The summed E-state index contributed by atoms with van der Waals surface area (Å²) in [5.41, 5.74) is 1.76. The zero-order valence-corrected chi connectivity index (χ0v) is 17.5. The van der Waals surface area contributed by atoms with E-state index in [4.69, 9.17) is 9.47 Å². The third-order valence-corrected chi connectivity index (χ3v) is 5.91. The Labute approximate surface area is 160 Å². The van der Waals surface area contributed by atoms with Gasteiger partial charge in [0.2, 0.25) is 0 Å². The number of methoxy groups -OCH3 is 1. The SMILES string of the molecule is COc1ccc(CNCCC2(CCC(C)C)CCOC(C(C)C)C2)cc1. The molecule has 26 heavy (non-hydrogen) atoms. The van der Waals surface area contributed by atoms with Crippen molar-refractivity contribution in [3.8, 4) is 5.75 Å². The molecule has 0 aliphatic carbocycles. The van der Waals surface area contributed by atoms with E-state index in [-0.39, 0.29) is 0 Å². The Morgan fingerprint density at radius 3 is 2.50 bits per heavy atom. The number of rotatable bonds is 10. The first-order chi connectivity index (χ1) is 12.4. The van der Waals surface area contributed by atoms with Gasteiger partial charge in [0.15, 0.2) is 0 Å². The van der Waals surface area contributed by atoms with Crippen LogP contribution in [0, 0.1) is 17.3 Å². The molecule has 1 aromatic carbocycles. The predicted octanol–water partition coefficient (Wildman–Crippen LogP) is 5.43. The molecule has 0 amide bonds. The molecule has 0 aromatic heterocycles. The summed E-state index contributed by atoms with van der Waals surface area (Å²) >= 11 is 0. The molecular weight excluding hydrogens is 322 g/mol. The van der Waals surface area contributed by atoms with Gasteiger partial charge in [-0.05, 0) is 67.2 Å². The molecule has 1 aromatic rings. The highest BCUT2D eigenvalue weighted by Crippen LogP contribution is 2.43. The zero-order chi connectivity index (χ0) is 19.0. The second kappa shape index (κ2) is 10.3. The van der Waals surface area contributed by atoms with Crippen molar-refractivity contribution in [2.24, 2.45) is 17.3 Å². The van der Waals surface area contributed by atoms with Gasteiger partial charge in [-0.25, -0.2) is 0 Å². The van der Waals surface area contributed by atoms with Gasteiger partial charge in [0.1, 0.15) is 5.75 Å². The maximum atomic E-state index is 6.07. The number of benzene rings is 1. The van der Waals surface area contributed by atoms with Gasteiger partial charge < -0.3 is 14.8 Å². The van der Waals surface area contributed by atoms with E-state index in [0.29, 0.717) is 17.4 Å². The van der Waals surface area contributed by atoms with Crippen LogP contribution in [0.5, 0.6) is 5.75 Å². The van der Waals surface area contributed by atoms with E-state index in [1.807, 2.05) is 12.1 Å². The molecule has 3 nitrogen and oxygen atoms in total. The highest BCUT2D eigenvalue weighted by Gasteiger charge is 2.37. The minimum Gasteiger partial charge on any atom is -0.497 e. The van der Waals surface area contributed by atoms with Crippen molar-refractivity contribution < 1.29 is 9.47 Å². The first kappa shape index (κ1) is 21.2. The Morgan fingerprint density at radius 1 is 1.15 bits per heavy atom. The number of hydrogen-bond acceptors (Lipinski definition) is 3. The van der Waals surface area contributed by atoms with E-state index < -0.39 is 0 Å². The summed E-state index contributed by atoms with van der Waals surface area (Å²) in [6.07, 6.45) is 6.78. The highest BCUT2D eigenvalue weighted by molar-refractivity contribution is 5.26. The van der Waals surface area contributed by atoms with E-state index in [9.17, 15) is 0 Å². The molecule has 0 radical (unpaired) electrons. The molecule has 2 rings (SSSR count). The Kier molecular flexibility index (Phi) is 8.43. The average Bonchev–Trinajstić information content (AvgIpc) is 2.64. The van der Waals surface area contributed by atoms with Crippen LogP contribution in [0.2, 0.25) is 0 Å². The van der Waals surface area contributed by atoms with Gasteiger partial charge in [0.25, 0.3) is 0 Å². The van der Waals surface area contributed by atoms with Crippen LogP contribution in [0.3, 0.4) is 0 Å². The Morgan fingerprint density at radius 2 is 1.88 bits per heavy atom. The molecule has 1 heterocycles. The molecule has 1 N–H and O–H groups in total. The topological polar surface area (TPSA) is 30.5 Å². The normalized spacial score (nSPS) is 23.6. The van der Waals surface area contributed by atoms with Crippen LogP contribution in [0.1, 0.15) is 65.4 Å². The molecule has 1 saturated heterocycles. The minimum absolute atomic E-state index is 0.428. The van der Waals surface area contributed by atoms with Gasteiger partial charge in [0, 0.05) is 13.2 Å². The Balaban J connectivity index is 1.87. The van der Waals surface area contributed by atoms with Crippen LogP contribution >= 0.6 is 0 Å². The van der Waals surface area contributed by atoms with E-state index in [0.717, 1.165) is 31.4 Å². The molecule has 2 unspecified atom stereocenters. The van der Waals surface area contributed by atoms with Crippen LogP contribution in [0.25, 0.3) is 0 Å². The summed E-state index contributed by atoms with van der Waals surface area (Å²) in [7, 11) is 1.71. The van der Waals surface area contributed by atoms with Crippen LogP contribution in [-0.2, 0) is 11.3 Å². The van der Waals surface area contributed by atoms with Crippen molar-refractivity contribution >= 4 is 0 Å². The lowest BCUT2D eigenvalue weighted by molar-refractivity contribution is -0.0761.